The Balaban J connectivity index is 1.93. The highest BCUT2D eigenvalue weighted by Gasteiger charge is 2.11. The fourth-order valence-electron chi connectivity index (χ4n) is 2.26. The van der Waals surface area contributed by atoms with Crippen LogP contribution in [0.25, 0.3) is 0 Å². The first-order valence-corrected chi connectivity index (χ1v) is 8.13. The number of ether oxygens (including phenoxy) is 1. The molecule has 0 fully saturated rings. The van der Waals surface area contributed by atoms with Gasteiger partial charge in [0.15, 0.2) is 0 Å². The van der Waals surface area contributed by atoms with Crippen molar-refractivity contribution in [3.63, 3.8) is 0 Å². The minimum absolute atomic E-state index is 0.0224. The summed E-state index contributed by atoms with van der Waals surface area (Å²) in [6.07, 6.45) is 0.239. The highest BCUT2D eigenvalue weighted by Crippen LogP contribution is 2.28. The SMILES string of the molecule is CC(Oc1ccccc1NC(=O)NCCCC(=O)O)c1ccccc1. The number of carboxylic acid groups (broad SMARTS) is 1. The minimum atomic E-state index is -0.879. The second-order valence-electron chi connectivity index (χ2n) is 5.55. The Hall–Kier alpha value is -3.02. The van der Waals surface area contributed by atoms with Crippen molar-refractivity contribution < 1.29 is 19.4 Å². The maximum Gasteiger partial charge on any atom is 0.319 e. The van der Waals surface area contributed by atoms with Crippen molar-refractivity contribution in [3.8, 4) is 5.75 Å². The molecule has 0 saturated carbocycles. The summed E-state index contributed by atoms with van der Waals surface area (Å²) in [5, 5.41) is 13.9. The standard InChI is InChI=1S/C19H22N2O4/c1-14(15-8-3-2-4-9-15)25-17-11-6-5-10-16(17)21-19(24)20-13-7-12-18(22)23/h2-6,8-11,14H,7,12-13H2,1H3,(H,22,23)(H2,20,21,24). The van der Waals surface area contributed by atoms with Crippen LogP contribution < -0.4 is 15.4 Å². The molecule has 132 valence electrons. The number of nitrogens with one attached hydrogen (secondary N) is 2. The minimum Gasteiger partial charge on any atom is -0.484 e. The van der Waals surface area contributed by atoms with Gasteiger partial charge in [-0.25, -0.2) is 4.79 Å². The first kappa shape index (κ1) is 18.3. The Kier molecular flexibility index (Phi) is 6.83. The van der Waals surface area contributed by atoms with Gasteiger partial charge in [0.2, 0.25) is 0 Å². The topological polar surface area (TPSA) is 87.7 Å². The van der Waals surface area contributed by atoms with Gasteiger partial charge in [-0.3, -0.25) is 4.79 Å². The number of benzene rings is 2. The molecule has 3 N–H and O–H groups in total. The Morgan fingerprint density at radius 3 is 2.48 bits per heavy atom. The van der Waals surface area contributed by atoms with E-state index in [9.17, 15) is 9.59 Å². The van der Waals surface area contributed by atoms with E-state index in [0.717, 1.165) is 5.56 Å². The maximum absolute atomic E-state index is 11.9. The van der Waals surface area contributed by atoms with E-state index >= 15 is 0 Å². The van der Waals surface area contributed by atoms with Gasteiger partial charge in [-0.2, -0.15) is 0 Å². The molecule has 2 amide bonds. The van der Waals surface area contributed by atoms with Crippen molar-refractivity contribution in [1.29, 1.82) is 0 Å². The molecule has 0 aliphatic carbocycles. The van der Waals surface area contributed by atoms with E-state index in [2.05, 4.69) is 10.6 Å². The summed E-state index contributed by atoms with van der Waals surface area (Å²) in [5.41, 5.74) is 1.59. The first-order chi connectivity index (χ1) is 12.1. The number of para-hydroxylation sites is 2. The Bertz CT molecular complexity index is 704. The second-order valence-corrected chi connectivity index (χ2v) is 5.55. The van der Waals surface area contributed by atoms with Crippen LogP contribution in [0.1, 0.15) is 31.4 Å². The van der Waals surface area contributed by atoms with Crippen LogP contribution in [-0.2, 0) is 4.79 Å². The molecule has 1 atom stereocenters. The number of anilines is 1. The summed E-state index contributed by atoms with van der Waals surface area (Å²) in [7, 11) is 0. The monoisotopic (exact) mass is 342 g/mol. The van der Waals surface area contributed by atoms with Crippen LogP contribution in [0.5, 0.6) is 5.75 Å². The normalized spacial score (nSPS) is 11.4. The van der Waals surface area contributed by atoms with E-state index in [4.69, 9.17) is 9.84 Å². The molecule has 0 heterocycles. The lowest BCUT2D eigenvalue weighted by Gasteiger charge is -2.18. The molecule has 0 aliphatic rings. The molecule has 25 heavy (non-hydrogen) atoms. The molecule has 0 spiro atoms. The van der Waals surface area contributed by atoms with Gasteiger partial charge < -0.3 is 20.5 Å². The quantitative estimate of drug-likeness (QED) is 0.637. The zero-order valence-corrected chi connectivity index (χ0v) is 14.1. The van der Waals surface area contributed by atoms with Gasteiger partial charge in [0, 0.05) is 13.0 Å². The lowest BCUT2D eigenvalue weighted by atomic mass is 10.1. The summed E-state index contributed by atoms with van der Waals surface area (Å²) < 4.78 is 5.97. The fraction of sp³-hybridized carbons (Fsp3) is 0.263. The van der Waals surface area contributed by atoms with Gasteiger partial charge in [0.25, 0.3) is 0 Å². The van der Waals surface area contributed by atoms with Crippen molar-refractivity contribution in [2.24, 2.45) is 0 Å². The van der Waals surface area contributed by atoms with Gasteiger partial charge in [0.05, 0.1) is 5.69 Å². The molecule has 0 radical (unpaired) electrons. The van der Waals surface area contributed by atoms with E-state index in [-0.39, 0.29) is 12.5 Å². The number of carbonyl (C=O) groups excluding carboxylic acids is 1. The summed E-state index contributed by atoms with van der Waals surface area (Å²) >= 11 is 0. The molecule has 2 rings (SSSR count). The van der Waals surface area contributed by atoms with E-state index in [0.29, 0.717) is 24.4 Å². The molecule has 2 aromatic carbocycles. The highest BCUT2D eigenvalue weighted by molar-refractivity contribution is 5.90. The molecule has 6 nitrogen and oxygen atoms in total. The molecular formula is C19H22N2O4. The number of hydrogen-bond donors (Lipinski definition) is 3. The van der Waals surface area contributed by atoms with Gasteiger partial charge in [0.1, 0.15) is 11.9 Å². The zero-order chi connectivity index (χ0) is 18.1. The predicted molar refractivity (Wildman–Crippen MR) is 95.8 cm³/mol. The smallest absolute Gasteiger partial charge is 0.319 e. The number of carbonyl (C=O) groups is 2. The number of hydrogen-bond acceptors (Lipinski definition) is 3. The maximum atomic E-state index is 11.9. The lowest BCUT2D eigenvalue weighted by molar-refractivity contribution is -0.137. The first-order valence-electron chi connectivity index (χ1n) is 8.13. The molecular weight excluding hydrogens is 320 g/mol. The van der Waals surface area contributed by atoms with E-state index in [1.54, 1.807) is 18.2 Å². The van der Waals surface area contributed by atoms with Gasteiger partial charge in [-0.15, -0.1) is 0 Å². The summed E-state index contributed by atoms with van der Waals surface area (Å²) in [5.74, 6) is -0.310. The van der Waals surface area contributed by atoms with Crippen molar-refractivity contribution in [3.05, 3.63) is 60.2 Å². The van der Waals surface area contributed by atoms with Crippen molar-refractivity contribution in [2.75, 3.05) is 11.9 Å². The average molecular weight is 342 g/mol. The summed E-state index contributed by atoms with van der Waals surface area (Å²) in [6.45, 7) is 2.24. The van der Waals surface area contributed by atoms with Crippen LogP contribution in [0.3, 0.4) is 0 Å². The highest BCUT2D eigenvalue weighted by atomic mass is 16.5. The summed E-state index contributed by atoms with van der Waals surface area (Å²) in [6, 6.07) is 16.6. The van der Waals surface area contributed by atoms with Gasteiger partial charge in [-0.1, -0.05) is 42.5 Å². The third kappa shape index (κ3) is 6.18. The van der Waals surface area contributed by atoms with Crippen LogP contribution in [-0.4, -0.2) is 23.7 Å². The van der Waals surface area contributed by atoms with Gasteiger partial charge >= 0.3 is 12.0 Å². The molecule has 6 heteroatoms. The number of amides is 2. The number of rotatable bonds is 8. The third-order valence-corrected chi connectivity index (χ3v) is 3.56. The van der Waals surface area contributed by atoms with Crippen molar-refractivity contribution in [2.45, 2.75) is 25.9 Å². The van der Waals surface area contributed by atoms with E-state index in [1.165, 1.54) is 0 Å². The molecule has 1 unspecified atom stereocenters. The zero-order valence-electron chi connectivity index (χ0n) is 14.1. The predicted octanol–water partition coefficient (Wildman–Crippen LogP) is 3.81. The Labute approximate surface area is 146 Å². The lowest BCUT2D eigenvalue weighted by Crippen LogP contribution is -2.30. The van der Waals surface area contributed by atoms with Crippen molar-refractivity contribution >= 4 is 17.7 Å². The summed E-state index contributed by atoms with van der Waals surface area (Å²) in [4.78, 5) is 22.4. The van der Waals surface area contributed by atoms with Crippen LogP contribution in [0.15, 0.2) is 54.6 Å². The van der Waals surface area contributed by atoms with Gasteiger partial charge in [-0.05, 0) is 31.0 Å². The third-order valence-electron chi connectivity index (χ3n) is 3.56. The number of urea groups is 1. The van der Waals surface area contributed by atoms with E-state index in [1.807, 2.05) is 43.3 Å². The van der Waals surface area contributed by atoms with Crippen LogP contribution in [0, 0.1) is 0 Å². The average Bonchev–Trinajstić information content (AvgIpc) is 2.61. The molecule has 0 saturated heterocycles. The largest absolute Gasteiger partial charge is 0.484 e. The molecule has 0 aliphatic heterocycles. The van der Waals surface area contributed by atoms with Crippen LogP contribution in [0.2, 0.25) is 0 Å². The van der Waals surface area contributed by atoms with Crippen LogP contribution in [0.4, 0.5) is 10.5 Å². The Morgan fingerprint density at radius 1 is 1.08 bits per heavy atom. The fourth-order valence-corrected chi connectivity index (χ4v) is 2.26. The van der Waals surface area contributed by atoms with Crippen LogP contribution >= 0.6 is 0 Å². The molecule has 0 bridgehead atoms. The second kappa shape index (κ2) is 9.32. The Morgan fingerprint density at radius 2 is 1.76 bits per heavy atom. The molecule has 2 aromatic rings. The number of aliphatic carboxylic acids is 1. The molecule has 0 aromatic heterocycles. The van der Waals surface area contributed by atoms with Crippen molar-refractivity contribution in [1.82, 2.24) is 5.32 Å². The number of carboxylic acids is 1. The van der Waals surface area contributed by atoms with E-state index < -0.39 is 12.0 Å².